The van der Waals surface area contributed by atoms with E-state index in [9.17, 15) is 9.59 Å². The molecule has 2 amide bonds. The van der Waals surface area contributed by atoms with Gasteiger partial charge < -0.3 is 10.6 Å². The molecule has 0 saturated carbocycles. The van der Waals surface area contributed by atoms with E-state index < -0.39 is 6.04 Å². The first-order chi connectivity index (χ1) is 10.3. The van der Waals surface area contributed by atoms with Gasteiger partial charge in [-0.15, -0.1) is 0 Å². The summed E-state index contributed by atoms with van der Waals surface area (Å²) in [5, 5.41) is 5.65. The quantitative estimate of drug-likeness (QED) is 0.813. The molecule has 0 aromatic heterocycles. The van der Waals surface area contributed by atoms with Crippen LogP contribution < -0.4 is 10.6 Å². The number of nitrogens with one attached hydrogen (secondary N) is 2. The summed E-state index contributed by atoms with van der Waals surface area (Å²) < 4.78 is 0. The Morgan fingerprint density at radius 3 is 2.09 bits per heavy atom. The van der Waals surface area contributed by atoms with Crippen LogP contribution in [0.15, 0.2) is 24.3 Å². The second kappa shape index (κ2) is 8.57. The van der Waals surface area contributed by atoms with Gasteiger partial charge in [0.15, 0.2) is 0 Å². The van der Waals surface area contributed by atoms with Crippen LogP contribution in [-0.2, 0) is 16.0 Å². The molecule has 2 atom stereocenters. The van der Waals surface area contributed by atoms with Gasteiger partial charge in [-0.05, 0) is 30.4 Å². The van der Waals surface area contributed by atoms with Crippen LogP contribution in [0.4, 0.5) is 0 Å². The zero-order chi connectivity index (χ0) is 16.7. The molecule has 4 nitrogen and oxygen atoms in total. The SMILES string of the molecule is CCCc1ccc(C(NC(=O)C(C)NC(C)=O)C(C)C)cc1. The highest BCUT2D eigenvalue weighted by Gasteiger charge is 2.21. The largest absolute Gasteiger partial charge is 0.347 e. The number of amides is 2. The second-order valence-corrected chi connectivity index (χ2v) is 6.14. The van der Waals surface area contributed by atoms with E-state index in [0.717, 1.165) is 18.4 Å². The fraction of sp³-hybridized carbons (Fsp3) is 0.556. The Bertz CT molecular complexity index is 494. The number of carbonyl (C=O) groups excluding carboxylic acids is 2. The summed E-state index contributed by atoms with van der Waals surface area (Å²) in [5.41, 5.74) is 2.41. The van der Waals surface area contributed by atoms with Gasteiger partial charge in [0.05, 0.1) is 6.04 Å². The van der Waals surface area contributed by atoms with Crippen LogP contribution >= 0.6 is 0 Å². The van der Waals surface area contributed by atoms with Crippen LogP contribution in [0.3, 0.4) is 0 Å². The Kier molecular flexibility index (Phi) is 7.09. The van der Waals surface area contributed by atoms with Crippen molar-refractivity contribution in [2.24, 2.45) is 5.92 Å². The zero-order valence-corrected chi connectivity index (χ0v) is 14.3. The average Bonchev–Trinajstić information content (AvgIpc) is 2.44. The fourth-order valence-corrected chi connectivity index (χ4v) is 2.46. The van der Waals surface area contributed by atoms with E-state index in [1.54, 1.807) is 6.92 Å². The molecule has 122 valence electrons. The lowest BCUT2D eigenvalue weighted by Crippen LogP contribution is -2.46. The number of hydrogen-bond donors (Lipinski definition) is 2. The maximum atomic E-state index is 12.2. The highest BCUT2D eigenvalue weighted by molar-refractivity contribution is 5.86. The van der Waals surface area contributed by atoms with Gasteiger partial charge >= 0.3 is 0 Å². The third kappa shape index (κ3) is 5.51. The molecule has 2 unspecified atom stereocenters. The number of hydrogen-bond acceptors (Lipinski definition) is 2. The van der Waals surface area contributed by atoms with Crippen LogP contribution in [0.1, 0.15) is 58.2 Å². The van der Waals surface area contributed by atoms with Crippen LogP contribution in [0.25, 0.3) is 0 Å². The number of carbonyl (C=O) groups is 2. The predicted molar refractivity (Wildman–Crippen MR) is 89.4 cm³/mol. The monoisotopic (exact) mass is 304 g/mol. The molecule has 0 aliphatic carbocycles. The van der Waals surface area contributed by atoms with Gasteiger partial charge in [0.2, 0.25) is 11.8 Å². The van der Waals surface area contributed by atoms with E-state index in [-0.39, 0.29) is 23.8 Å². The zero-order valence-electron chi connectivity index (χ0n) is 14.3. The Hall–Kier alpha value is -1.84. The van der Waals surface area contributed by atoms with Crippen molar-refractivity contribution in [1.82, 2.24) is 10.6 Å². The lowest BCUT2D eigenvalue weighted by Gasteiger charge is -2.25. The minimum Gasteiger partial charge on any atom is -0.347 e. The predicted octanol–water partition coefficient (Wildman–Crippen LogP) is 2.98. The van der Waals surface area contributed by atoms with E-state index in [0.29, 0.717) is 0 Å². The standard InChI is InChI=1S/C18H28N2O2/c1-6-7-15-8-10-16(11-9-15)17(12(2)3)20-18(22)13(4)19-14(5)21/h8-13,17H,6-7H2,1-5H3,(H,19,21)(H,20,22). The van der Waals surface area contributed by atoms with Crippen LogP contribution in [0.2, 0.25) is 0 Å². The van der Waals surface area contributed by atoms with Gasteiger partial charge in [-0.1, -0.05) is 51.5 Å². The summed E-state index contributed by atoms with van der Waals surface area (Å²) in [6.45, 7) is 9.42. The van der Waals surface area contributed by atoms with Gasteiger partial charge in [-0.25, -0.2) is 0 Å². The summed E-state index contributed by atoms with van der Waals surface area (Å²) in [5.74, 6) is -0.0929. The van der Waals surface area contributed by atoms with Gasteiger partial charge in [0.25, 0.3) is 0 Å². The molecule has 0 heterocycles. The molecule has 0 aliphatic rings. The normalized spacial score (nSPS) is 13.5. The Morgan fingerprint density at radius 1 is 1.05 bits per heavy atom. The van der Waals surface area contributed by atoms with Crippen molar-refractivity contribution in [2.45, 2.75) is 59.5 Å². The van der Waals surface area contributed by atoms with Crippen LogP contribution in [0.5, 0.6) is 0 Å². The molecule has 0 bridgehead atoms. The Labute approximate surface area is 133 Å². The Morgan fingerprint density at radius 2 is 1.64 bits per heavy atom. The molecule has 0 aliphatic heterocycles. The van der Waals surface area contributed by atoms with Gasteiger partial charge in [-0.2, -0.15) is 0 Å². The van der Waals surface area contributed by atoms with Crippen molar-refractivity contribution < 1.29 is 9.59 Å². The molecular formula is C18H28N2O2. The van der Waals surface area contributed by atoms with E-state index >= 15 is 0 Å². The molecule has 0 radical (unpaired) electrons. The number of benzene rings is 1. The molecule has 2 N–H and O–H groups in total. The first-order valence-corrected chi connectivity index (χ1v) is 8.01. The first-order valence-electron chi connectivity index (χ1n) is 8.01. The third-order valence-electron chi connectivity index (χ3n) is 3.65. The second-order valence-electron chi connectivity index (χ2n) is 6.14. The maximum Gasteiger partial charge on any atom is 0.242 e. The summed E-state index contributed by atoms with van der Waals surface area (Å²) in [7, 11) is 0. The molecule has 1 rings (SSSR count). The van der Waals surface area contributed by atoms with Crippen molar-refractivity contribution in [3.63, 3.8) is 0 Å². The molecule has 22 heavy (non-hydrogen) atoms. The molecule has 1 aromatic rings. The molecule has 1 aromatic carbocycles. The third-order valence-corrected chi connectivity index (χ3v) is 3.65. The van der Waals surface area contributed by atoms with Crippen molar-refractivity contribution in [3.05, 3.63) is 35.4 Å². The van der Waals surface area contributed by atoms with Crippen molar-refractivity contribution in [2.75, 3.05) is 0 Å². The van der Waals surface area contributed by atoms with Gasteiger partial charge in [0, 0.05) is 6.92 Å². The highest BCUT2D eigenvalue weighted by atomic mass is 16.2. The van der Waals surface area contributed by atoms with Crippen molar-refractivity contribution in [3.8, 4) is 0 Å². The molecule has 4 heteroatoms. The summed E-state index contributed by atoms with van der Waals surface area (Å²) in [6.07, 6.45) is 2.19. The van der Waals surface area contributed by atoms with Gasteiger partial charge in [-0.3, -0.25) is 9.59 Å². The van der Waals surface area contributed by atoms with Crippen molar-refractivity contribution in [1.29, 1.82) is 0 Å². The Balaban J connectivity index is 2.80. The molecule has 0 fully saturated rings. The smallest absolute Gasteiger partial charge is 0.242 e. The molecule has 0 saturated heterocycles. The fourth-order valence-electron chi connectivity index (χ4n) is 2.46. The lowest BCUT2D eigenvalue weighted by molar-refractivity contribution is -0.128. The van der Waals surface area contributed by atoms with Crippen molar-refractivity contribution >= 4 is 11.8 Å². The topological polar surface area (TPSA) is 58.2 Å². The molecule has 0 spiro atoms. The van der Waals surface area contributed by atoms with Crippen LogP contribution in [0, 0.1) is 5.92 Å². The average molecular weight is 304 g/mol. The van der Waals surface area contributed by atoms with Crippen LogP contribution in [-0.4, -0.2) is 17.9 Å². The summed E-state index contributed by atoms with van der Waals surface area (Å²) in [6, 6.07) is 7.82. The van der Waals surface area contributed by atoms with E-state index in [1.165, 1.54) is 12.5 Å². The minimum atomic E-state index is -0.530. The first kappa shape index (κ1) is 18.2. The van der Waals surface area contributed by atoms with E-state index in [1.807, 2.05) is 0 Å². The minimum absolute atomic E-state index is 0.0561. The number of aryl methyl sites for hydroxylation is 1. The number of rotatable bonds is 7. The van der Waals surface area contributed by atoms with E-state index in [2.05, 4.69) is 55.7 Å². The van der Waals surface area contributed by atoms with E-state index in [4.69, 9.17) is 0 Å². The maximum absolute atomic E-state index is 12.2. The summed E-state index contributed by atoms with van der Waals surface area (Å²) in [4.78, 5) is 23.3. The summed E-state index contributed by atoms with van der Waals surface area (Å²) >= 11 is 0. The lowest BCUT2D eigenvalue weighted by atomic mass is 9.94. The van der Waals surface area contributed by atoms with Gasteiger partial charge in [0.1, 0.15) is 6.04 Å². The highest BCUT2D eigenvalue weighted by Crippen LogP contribution is 2.22. The molecular weight excluding hydrogens is 276 g/mol.